The van der Waals surface area contributed by atoms with Crippen molar-refractivity contribution in [3.05, 3.63) is 65.9 Å². The van der Waals surface area contributed by atoms with Crippen molar-refractivity contribution in [3.63, 3.8) is 0 Å². The Morgan fingerprint density at radius 2 is 2.18 bits per heavy atom. The number of aromatic nitrogens is 1. The smallest absolute Gasteiger partial charge is 0.234 e. The highest BCUT2D eigenvalue weighted by Gasteiger charge is 2.26. The molecule has 22 heavy (non-hydrogen) atoms. The van der Waals surface area contributed by atoms with E-state index in [1.54, 1.807) is 6.08 Å². The first-order chi connectivity index (χ1) is 10.8. The van der Waals surface area contributed by atoms with Crippen molar-refractivity contribution in [2.75, 3.05) is 18.1 Å². The molecule has 1 aromatic heterocycles. The summed E-state index contributed by atoms with van der Waals surface area (Å²) in [4.78, 5) is 6.51. The largest absolute Gasteiger partial charge is 0.472 e. The second-order valence-corrected chi connectivity index (χ2v) is 5.18. The summed E-state index contributed by atoms with van der Waals surface area (Å²) in [5, 5.41) is 9.54. The Morgan fingerprint density at radius 3 is 2.91 bits per heavy atom. The Bertz CT molecular complexity index is 719. The average molecular weight is 291 g/mol. The lowest BCUT2D eigenvalue weighted by molar-refractivity contribution is 0.347. The molecule has 4 heteroatoms. The minimum absolute atomic E-state index is 0.346. The van der Waals surface area contributed by atoms with Crippen LogP contribution in [0.3, 0.4) is 0 Å². The number of ether oxygens (including phenoxy) is 1. The van der Waals surface area contributed by atoms with Gasteiger partial charge in [-0.05, 0) is 17.5 Å². The van der Waals surface area contributed by atoms with Crippen LogP contribution in [0.15, 0.2) is 49.2 Å². The summed E-state index contributed by atoms with van der Waals surface area (Å²) in [7, 11) is 0. The molecule has 3 rings (SSSR count). The highest BCUT2D eigenvalue weighted by atomic mass is 16.5. The van der Waals surface area contributed by atoms with Crippen LogP contribution in [-0.4, -0.2) is 18.1 Å². The van der Waals surface area contributed by atoms with E-state index < -0.39 is 0 Å². The van der Waals surface area contributed by atoms with Crippen molar-refractivity contribution in [3.8, 4) is 11.9 Å². The molecule has 1 aromatic carbocycles. The lowest BCUT2D eigenvalue weighted by atomic mass is 10.1. The van der Waals surface area contributed by atoms with E-state index in [0.29, 0.717) is 18.1 Å². The van der Waals surface area contributed by atoms with Crippen LogP contribution in [0.2, 0.25) is 0 Å². The van der Waals surface area contributed by atoms with E-state index in [4.69, 9.17) is 4.74 Å². The summed E-state index contributed by atoms with van der Waals surface area (Å²) in [5.41, 5.74) is 3.82. The number of anilines is 1. The van der Waals surface area contributed by atoms with Crippen LogP contribution in [0, 0.1) is 11.3 Å². The molecule has 0 radical (unpaired) electrons. The van der Waals surface area contributed by atoms with Crippen molar-refractivity contribution < 1.29 is 4.74 Å². The monoisotopic (exact) mass is 291 g/mol. The number of hydrogen-bond donors (Lipinski definition) is 0. The first-order valence-electron chi connectivity index (χ1n) is 7.28. The molecule has 2 heterocycles. The van der Waals surface area contributed by atoms with Crippen LogP contribution in [0.1, 0.15) is 16.7 Å². The summed E-state index contributed by atoms with van der Waals surface area (Å²) in [6.45, 7) is 5.65. The molecule has 0 N–H and O–H groups in total. The fraction of sp³-hybridized carbons (Fsp3) is 0.222. The molecule has 0 amide bonds. The van der Waals surface area contributed by atoms with Crippen LogP contribution < -0.4 is 9.64 Å². The summed E-state index contributed by atoms with van der Waals surface area (Å²) >= 11 is 0. The first-order valence-corrected chi connectivity index (χ1v) is 7.28. The van der Waals surface area contributed by atoms with Gasteiger partial charge in [0, 0.05) is 19.3 Å². The number of fused-ring (bicyclic) bond motifs is 1. The Labute approximate surface area is 130 Å². The molecule has 0 aliphatic carbocycles. The summed E-state index contributed by atoms with van der Waals surface area (Å²) in [6, 6.07) is 12.5. The third-order valence-electron chi connectivity index (χ3n) is 3.73. The Kier molecular flexibility index (Phi) is 4.06. The molecule has 0 spiro atoms. The van der Waals surface area contributed by atoms with Gasteiger partial charge < -0.3 is 9.64 Å². The second-order valence-electron chi connectivity index (χ2n) is 5.18. The van der Waals surface area contributed by atoms with Crippen molar-refractivity contribution in [1.29, 1.82) is 5.26 Å². The summed E-state index contributed by atoms with van der Waals surface area (Å²) in [5.74, 6) is 0.390. The summed E-state index contributed by atoms with van der Waals surface area (Å²) < 4.78 is 5.52. The van der Waals surface area contributed by atoms with Gasteiger partial charge in [0.1, 0.15) is 18.2 Å². The van der Waals surface area contributed by atoms with Crippen LogP contribution >= 0.6 is 0 Å². The highest BCUT2D eigenvalue weighted by Crippen LogP contribution is 2.36. The van der Waals surface area contributed by atoms with Gasteiger partial charge >= 0.3 is 0 Å². The van der Waals surface area contributed by atoms with E-state index in [1.807, 2.05) is 24.4 Å². The second kappa shape index (κ2) is 6.31. The average Bonchev–Trinajstić information content (AvgIpc) is 2.96. The van der Waals surface area contributed by atoms with Gasteiger partial charge in [-0.2, -0.15) is 5.26 Å². The highest BCUT2D eigenvalue weighted by molar-refractivity contribution is 5.69. The van der Waals surface area contributed by atoms with E-state index in [1.165, 1.54) is 5.56 Å². The predicted molar refractivity (Wildman–Crippen MR) is 85.8 cm³/mol. The molecule has 1 aliphatic rings. The maximum absolute atomic E-state index is 9.54. The van der Waals surface area contributed by atoms with E-state index in [2.05, 4.69) is 34.7 Å². The lowest BCUT2D eigenvalue weighted by Crippen LogP contribution is -2.20. The molecule has 0 unspecified atom stereocenters. The number of pyridine rings is 1. The van der Waals surface area contributed by atoms with E-state index in [-0.39, 0.29) is 0 Å². The molecular formula is C18H17N3O. The standard InChI is InChI=1S/C18H17N3O/c1-2-10-22-18-16(11-19)17-15(12-20-18)8-9-21(17)13-14-6-4-3-5-7-14/h2-7,12H,1,8-10,13H2. The Morgan fingerprint density at radius 1 is 1.36 bits per heavy atom. The van der Waals surface area contributed by atoms with Gasteiger partial charge in [-0.1, -0.05) is 43.0 Å². The molecule has 0 bridgehead atoms. The van der Waals surface area contributed by atoms with Crippen molar-refractivity contribution >= 4 is 5.69 Å². The Hall–Kier alpha value is -2.80. The van der Waals surface area contributed by atoms with Gasteiger partial charge in [0.25, 0.3) is 0 Å². The Balaban J connectivity index is 1.94. The fourth-order valence-electron chi connectivity index (χ4n) is 2.75. The van der Waals surface area contributed by atoms with E-state index >= 15 is 0 Å². The minimum Gasteiger partial charge on any atom is -0.472 e. The topological polar surface area (TPSA) is 49.1 Å². The zero-order chi connectivity index (χ0) is 15.4. The molecule has 0 saturated carbocycles. The third kappa shape index (κ3) is 2.66. The zero-order valence-electron chi connectivity index (χ0n) is 12.3. The third-order valence-corrected chi connectivity index (χ3v) is 3.73. The number of nitrogens with zero attached hydrogens (tertiary/aromatic N) is 3. The van der Waals surface area contributed by atoms with Crippen LogP contribution in [0.25, 0.3) is 0 Å². The molecule has 2 aromatic rings. The number of nitriles is 1. The van der Waals surface area contributed by atoms with E-state index in [0.717, 1.165) is 30.8 Å². The fourth-order valence-corrected chi connectivity index (χ4v) is 2.75. The van der Waals surface area contributed by atoms with Gasteiger partial charge in [0.15, 0.2) is 0 Å². The van der Waals surface area contributed by atoms with E-state index in [9.17, 15) is 5.26 Å². The molecule has 0 saturated heterocycles. The maximum Gasteiger partial charge on any atom is 0.234 e. The molecule has 4 nitrogen and oxygen atoms in total. The van der Waals surface area contributed by atoms with Gasteiger partial charge in [-0.15, -0.1) is 0 Å². The normalized spacial score (nSPS) is 12.6. The number of benzene rings is 1. The van der Waals surface area contributed by atoms with Gasteiger partial charge in [-0.3, -0.25) is 0 Å². The minimum atomic E-state index is 0.346. The molecule has 0 atom stereocenters. The van der Waals surface area contributed by atoms with Gasteiger partial charge in [0.05, 0.1) is 5.69 Å². The molecule has 1 aliphatic heterocycles. The van der Waals surface area contributed by atoms with Gasteiger partial charge in [-0.25, -0.2) is 4.98 Å². The van der Waals surface area contributed by atoms with Gasteiger partial charge in [0.2, 0.25) is 5.88 Å². The number of hydrogen-bond acceptors (Lipinski definition) is 4. The zero-order valence-corrected chi connectivity index (χ0v) is 12.3. The van der Waals surface area contributed by atoms with Crippen LogP contribution in [0.5, 0.6) is 5.88 Å². The van der Waals surface area contributed by atoms with Crippen LogP contribution in [0.4, 0.5) is 5.69 Å². The quantitative estimate of drug-likeness (QED) is 0.794. The molecule has 0 fully saturated rings. The van der Waals surface area contributed by atoms with Crippen molar-refractivity contribution in [2.45, 2.75) is 13.0 Å². The van der Waals surface area contributed by atoms with Crippen molar-refractivity contribution in [1.82, 2.24) is 4.98 Å². The number of rotatable bonds is 5. The summed E-state index contributed by atoms with van der Waals surface area (Å²) in [6.07, 6.45) is 4.38. The molecule has 110 valence electrons. The first kappa shape index (κ1) is 14.2. The molecular weight excluding hydrogens is 274 g/mol. The maximum atomic E-state index is 9.54. The predicted octanol–water partition coefficient (Wildman–Crippen LogP) is 3.08. The van der Waals surface area contributed by atoms with Crippen LogP contribution in [-0.2, 0) is 13.0 Å². The SMILES string of the molecule is C=CCOc1ncc2c(c1C#N)N(Cc1ccccc1)CC2. The van der Waals surface area contributed by atoms with Crippen molar-refractivity contribution in [2.24, 2.45) is 0 Å². The lowest BCUT2D eigenvalue weighted by Gasteiger charge is -2.21.